The molecule has 2 nitrogen and oxygen atoms in total. The highest BCUT2D eigenvalue weighted by atomic mass is 16.3. The molecule has 0 unspecified atom stereocenters. The summed E-state index contributed by atoms with van der Waals surface area (Å²) in [4.78, 5) is 12.1. The molecule has 0 saturated heterocycles. The van der Waals surface area contributed by atoms with Crippen LogP contribution in [0.15, 0.2) is 0 Å². The van der Waals surface area contributed by atoms with Crippen molar-refractivity contribution >= 4 is 5.78 Å². The summed E-state index contributed by atoms with van der Waals surface area (Å²) in [5.74, 6) is 4.74. The van der Waals surface area contributed by atoms with E-state index in [1.54, 1.807) is 0 Å². The maximum Gasteiger partial charge on any atom is 0.135 e. The van der Waals surface area contributed by atoms with E-state index in [4.69, 9.17) is 0 Å². The maximum atomic E-state index is 12.1. The van der Waals surface area contributed by atoms with Gasteiger partial charge in [-0.1, -0.05) is 13.8 Å². The second-order valence-corrected chi connectivity index (χ2v) is 8.77. The Balaban J connectivity index is 1.59. The number of ketones is 1. The molecule has 0 spiro atoms. The fraction of sp³-hybridized carbons (Fsp3) is 0.947. The first-order valence-electron chi connectivity index (χ1n) is 9.23. The van der Waals surface area contributed by atoms with Gasteiger partial charge in [-0.25, -0.2) is 0 Å². The van der Waals surface area contributed by atoms with Crippen LogP contribution in [0.3, 0.4) is 0 Å². The van der Waals surface area contributed by atoms with Crippen LogP contribution in [0.4, 0.5) is 0 Å². The summed E-state index contributed by atoms with van der Waals surface area (Å²) in [6, 6.07) is 0. The average Bonchev–Trinajstić information content (AvgIpc) is 2.78. The Hall–Kier alpha value is -0.370. The van der Waals surface area contributed by atoms with Gasteiger partial charge < -0.3 is 5.11 Å². The number of carbonyl (C=O) groups excluding carboxylic acids is 1. The lowest BCUT2D eigenvalue weighted by molar-refractivity contribution is -0.135. The molecule has 4 rings (SSSR count). The molecule has 0 aromatic carbocycles. The Kier molecular flexibility index (Phi) is 3.26. The number of hydrogen-bond acceptors (Lipinski definition) is 2. The first-order valence-corrected chi connectivity index (χ1v) is 9.23. The van der Waals surface area contributed by atoms with Gasteiger partial charge in [0, 0.05) is 12.3 Å². The molecule has 0 amide bonds. The Morgan fingerprint density at radius 2 is 1.67 bits per heavy atom. The molecular weight excluding hydrogens is 260 g/mol. The van der Waals surface area contributed by atoms with E-state index in [2.05, 4.69) is 13.8 Å². The number of Topliss-reactive ketones (excluding diaryl/α,β-unsaturated/α-hetero) is 1. The van der Waals surface area contributed by atoms with Gasteiger partial charge in [0.1, 0.15) is 5.78 Å². The van der Waals surface area contributed by atoms with Crippen LogP contribution in [-0.4, -0.2) is 17.0 Å². The summed E-state index contributed by atoms with van der Waals surface area (Å²) in [5, 5.41) is 10.4. The highest BCUT2D eigenvalue weighted by Gasteiger charge is 2.57. The van der Waals surface area contributed by atoms with Gasteiger partial charge in [0.15, 0.2) is 0 Å². The standard InChI is InChI=1S/C19H30O2/c1-11-12-3-4-15-14(13(12)5-7-17(11)20)9-10-19(2)16(15)6-8-18(19)21/h11-16,18,21H,3-10H2,1-2H3/t11-,12-,13-,14+,15+,16-,18-,19-/m0/s1. The van der Waals surface area contributed by atoms with E-state index in [0.29, 0.717) is 17.6 Å². The van der Waals surface area contributed by atoms with Crippen molar-refractivity contribution in [3.05, 3.63) is 0 Å². The highest BCUT2D eigenvalue weighted by molar-refractivity contribution is 5.81. The number of fused-ring (bicyclic) bond motifs is 5. The number of carbonyl (C=O) groups is 1. The van der Waals surface area contributed by atoms with Crippen molar-refractivity contribution in [3.8, 4) is 0 Å². The summed E-state index contributed by atoms with van der Waals surface area (Å²) >= 11 is 0. The van der Waals surface area contributed by atoms with Gasteiger partial charge in [0.2, 0.25) is 0 Å². The van der Waals surface area contributed by atoms with E-state index < -0.39 is 0 Å². The maximum absolute atomic E-state index is 12.1. The molecule has 4 saturated carbocycles. The van der Waals surface area contributed by atoms with Gasteiger partial charge in [0.25, 0.3) is 0 Å². The predicted octanol–water partition coefficient (Wildman–Crippen LogP) is 3.82. The topological polar surface area (TPSA) is 37.3 Å². The van der Waals surface area contributed by atoms with Crippen LogP contribution in [0.1, 0.15) is 65.2 Å². The Labute approximate surface area is 128 Å². The van der Waals surface area contributed by atoms with E-state index in [-0.39, 0.29) is 11.5 Å². The molecule has 4 fully saturated rings. The SMILES string of the molecule is C[C@@H]1C(=O)CC[C@@H]2[C@H]3CC[C@]4(C)[C@@H](O)CC[C@H]4[C@@H]3CC[C@H]21. The third-order valence-corrected chi connectivity index (χ3v) is 8.25. The van der Waals surface area contributed by atoms with Crippen LogP contribution in [0.2, 0.25) is 0 Å². The Morgan fingerprint density at radius 3 is 2.48 bits per heavy atom. The first kappa shape index (κ1) is 14.2. The smallest absolute Gasteiger partial charge is 0.135 e. The second kappa shape index (κ2) is 4.81. The molecule has 0 bridgehead atoms. The molecule has 4 aliphatic carbocycles. The van der Waals surface area contributed by atoms with Crippen molar-refractivity contribution in [2.24, 2.45) is 40.9 Å². The summed E-state index contributed by atoms with van der Waals surface area (Å²) in [6.45, 7) is 4.54. The minimum absolute atomic E-state index is 0.0620. The molecule has 118 valence electrons. The molecule has 2 heteroatoms. The number of aliphatic hydroxyl groups excluding tert-OH is 1. The Bertz CT molecular complexity index is 445. The van der Waals surface area contributed by atoms with Crippen molar-refractivity contribution < 1.29 is 9.90 Å². The molecule has 0 aromatic rings. The van der Waals surface area contributed by atoms with Gasteiger partial charge in [-0.3, -0.25) is 4.79 Å². The van der Waals surface area contributed by atoms with Crippen LogP contribution in [-0.2, 0) is 4.79 Å². The number of rotatable bonds is 0. The van der Waals surface area contributed by atoms with E-state index in [1.165, 1.54) is 32.1 Å². The van der Waals surface area contributed by atoms with Crippen molar-refractivity contribution in [1.29, 1.82) is 0 Å². The van der Waals surface area contributed by atoms with E-state index in [1.807, 2.05) is 0 Å². The fourth-order valence-corrected chi connectivity index (χ4v) is 6.98. The van der Waals surface area contributed by atoms with Crippen LogP contribution >= 0.6 is 0 Å². The molecule has 8 atom stereocenters. The fourth-order valence-electron chi connectivity index (χ4n) is 6.98. The van der Waals surface area contributed by atoms with Crippen molar-refractivity contribution in [2.45, 2.75) is 71.3 Å². The summed E-state index contributed by atoms with van der Waals surface area (Å²) < 4.78 is 0. The molecule has 1 N–H and O–H groups in total. The third-order valence-electron chi connectivity index (χ3n) is 8.25. The molecule has 0 heterocycles. The first-order chi connectivity index (χ1) is 10.0. The molecule has 0 aliphatic heterocycles. The highest BCUT2D eigenvalue weighted by Crippen LogP contribution is 2.62. The third kappa shape index (κ3) is 1.90. The largest absolute Gasteiger partial charge is 0.393 e. The van der Waals surface area contributed by atoms with Crippen LogP contribution in [0.5, 0.6) is 0 Å². The average molecular weight is 290 g/mol. The van der Waals surface area contributed by atoms with Crippen LogP contribution in [0.25, 0.3) is 0 Å². The van der Waals surface area contributed by atoms with Gasteiger partial charge in [-0.15, -0.1) is 0 Å². The Morgan fingerprint density at radius 1 is 0.952 bits per heavy atom. The summed E-state index contributed by atoms with van der Waals surface area (Å²) in [7, 11) is 0. The van der Waals surface area contributed by atoms with Crippen molar-refractivity contribution in [1.82, 2.24) is 0 Å². The zero-order valence-corrected chi connectivity index (χ0v) is 13.6. The van der Waals surface area contributed by atoms with E-state index >= 15 is 0 Å². The number of hydrogen-bond donors (Lipinski definition) is 1. The van der Waals surface area contributed by atoms with Crippen LogP contribution in [0, 0.1) is 40.9 Å². The number of aliphatic hydroxyl groups is 1. The van der Waals surface area contributed by atoms with E-state index in [9.17, 15) is 9.90 Å². The summed E-state index contributed by atoms with van der Waals surface area (Å²) in [6.07, 6.45) is 9.28. The zero-order chi connectivity index (χ0) is 14.8. The quantitative estimate of drug-likeness (QED) is 0.736. The predicted molar refractivity (Wildman–Crippen MR) is 82.7 cm³/mol. The minimum atomic E-state index is -0.0620. The van der Waals surface area contributed by atoms with Gasteiger partial charge in [0.05, 0.1) is 6.10 Å². The lowest BCUT2D eigenvalue weighted by Gasteiger charge is -2.56. The molecule has 21 heavy (non-hydrogen) atoms. The minimum Gasteiger partial charge on any atom is -0.393 e. The molecule has 4 aliphatic rings. The van der Waals surface area contributed by atoms with Gasteiger partial charge >= 0.3 is 0 Å². The lowest BCUT2D eigenvalue weighted by atomic mass is 9.49. The van der Waals surface area contributed by atoms with Crippen molar-refractivity contribution in [2.75, 3.05) is 0 Å². The monoisotopic (exact) mass is 290 g/mol. The summed E-state index contributed by atoms with van der Waals surface area (Å²) in [5.41, 5.74) is 0.199. The van der Waals surface area contributed by atoms with E-state index in [0.717, 1.165) is 42.9 Å². The normalized spacial score (nSPS) is 56.5. The zero-order valence-electron chi connectivity index (χ0n) is 13.6. The lowest BCUT2D eigenvalue weighted by Crippen LogP contribution is -2.51. The second-order valence-electron chi connectivity index (χ2n) is 8.77. The molecular formula is C19H30O2. The van der Waals surface area contributed by atoms with Crippen LogP contribution < -0.4 is 0 Å². The molecule has 0 radical (unpaired) electrons. The van der Waals surface area contributed by atoms with Gasteiger partial charge in [-0.2, -0.15) is 0 Å². The van der Waals surface area contributed by atoms with Gasteiger partial charge in [-0.05, 0) is 80.0 Å². The van der Waals surface area contributed by atoms with Crippen molar-refractivity contribution in [3.63, 3.8) is 0 Å². The molecule has 0 aromatic heterocycles.